The average molecular weight is 470 g/mol. The van der Waals surface area contributed by atoms with E-state index in [4.69, 9.17) is 0 Å². The summed E-state index contributed by atoms with van der Waals surface area (Å²) in [6.07, 6.45) is -2.22. The number of halogens is 3. The minimum Gasteiger partial charge on any atom is -0.478 e. The second-order valence-electron chi connectivity index (χ2n) is 6.83. The van der Waals surface area contributed by atoms with E-state index in [1.807, 2.05) is 0 Å². The minimum atomic E-state index is -4.79. The summed E-state index contributed by atoms with van der Waals surface area (Å²) in [5, 5.41) is 14.3. The standard InChI is InChI=1S/C24H17F3N2O5/c25-24(26,27)34-18-11-8-15(9-12-18)10-13-21(30)28-17-5-3-4-16(14-17)22(31)29-20-7-2-1-6-19(20)23(32)33/h1-14H,(H,28,30)(H,29,31)(H,32,33). The molecule has 0 radical (unpaired) electrons. The Morgan fingerprint density at radius 2 is 1.59 bits per heavy atom. The van der Waals surface area contributed by atoms with Crippen LogP contribution >= 0.6 is 0 Å². The molecule has 10 heteroatoms. The zero-order valence-corrected chi connectivity index (χ0v) is 17.3. The quantitative estimate of drug-likeness (QED) is 0.413. The summed E-state index contributed by atoms with van der Waals surface area (Å²) in [5.41, 5.74) is 1.02. The fourth-order valence-corrected chi connectivity index (χ4v) is 2.85. The second kappa shape index (κ2) is 10.3. The smallest absolute Gasteiger partial charge is 0.478 e. The van der Waals surface area contributed by atoms with Crippen LogP contribution in [0.3, 0.4) is 0 Å². The van der Waals surface area contributed by atoms with Crippen molar-refractivity contribution in [3.05, 3.63) is 95.6 Å². The highest BCUT2D eigenvalue weighted by Gasteiger charge is 2.30. The molecule has 3 rings (SSSR count). The van der Waals surface area contributed by atoms with E-state index >= 15 is 0 Å². The van der Waals surface area contributed by atoms with Crippen LogP contribution < -0.4 is 15.4 Å². The number of alkyl halides is 3. The maximum Gasteiger partial charge on any atom is 0.573 e. The number of amides is 2. The molecule has 7 nitrogen and oxygen atoms in total. The highest BCUT2D eigenvalue weighted by Crippen LogP contribution is 2.23. The summed E-state index contributed by atoms with van der Waals surface area (Å²) in [5.74, 6) is -2.67. The first-order valence-corrected chi connectivity index (χ1v) is 9.69. The first kappa shape index (κ1) is 24.1. The summed E-state index contributed by atoms with van der Waals surface area (Å²) in [4.78, 5) is 36.0. The zero-order chi connectivity index (χ0) is 24.7. The monoisotopic (exact) mass is 470 g/mol. The lowest BCUT2D eigenvalue weighted by molar-refractivity contribution is -0.274. The van der Waals surface area contributed by atoms with Gasteiger partial charge >= 0.3 is 12.3 Å². The lowest BCUT2D eigenvalue weighted by Crippen LogP contribution is -2.16. The second-order valence-corrected chi connectivity index (χ2v) is 6.83. The van der Waals surface area contributed by atoms with Crippen LogP contribution in [0.5, 0.6) is 5.75 Å². The Morgan fingerprint density at radius 3 is 2.26 bits per heavy atom. The van der Waals surface area contributed by atoms with Crippen molar-refractivity contribution < 1.29 is 37.4 Å². The number of carboxylic acid groups (broad SMARTS) is 1. The van der Waals surface area contributed by atoms with Crippen molar-refractivity contribution in [2.45, 2.75) is 6.36 Å². The molecule has 0 spiro atoms. The van der Waals surface area contributed by atoms with Crippen molar-refractivity contribution in [3.8, 4) is 5.75 Å². The van der Waals surface area contributed by atoms with Crippen molar-refractivity contribution in [2.75, 3.05) is 10.6 Å². The molecule has 0 heterocycles. The Hall–Kier alpha value is -4.60. The molecule has 34 heavy (non-hydrogen) atoms. The number of benzene rings is 3. The van der Waals surface area contributed by atoms with Crippen molar-refractivity contribution in [2.24, 2.45) is 0 Å². The number of carbonyl (C=O) groups is 3. The third-order valence-electron chi connectivity index (χ3n) is 4.34. The number of carboxylic acids is 1. The van der Waals surface area contributed by atoms with Gasteiger partial charge in [-0.3, -0.25) is 9.59 Å². The molecule has 0 unspecified atom stereocenters. The number of nitrogens with one attached hydrogen (secondary N) is 2. The number of hydrogen-bond donors (Lipinski definition) is 3. The normalized spacial score (nSPS) is 11.1. The van der Waals surface area contributed by atoms with Gasteiger partial charge in [-0.1, -0.05) is 30.3 Å². The maximum absolute atomic E-state index is 12.5. The van der Waals surface area contributed by atoms with Crippen LogP contribution in [-0.2, 0) is 4.79 Å². The van der Waals surface area contributed by atoms with Gasteiger partial charge in [0.15, 0.2) is 0 Å². The molecule has 174 valence electrons. The molecule has 3 aromatic rings. The molecule has 0 atom stereocenters. The van der Waals surface area contributed by atoms with E-state index in [1.165, 1.54) is 60.7 Å². The van der Waals surface area contributed by atoms with Gasteiger partial charge in [-0.15, -0.1) is 13.2 Å². The zero-order valence-electron chi connectivity index (χ0n) is 17.3. The molecule has 2 amide bonds. The molecule has 0 aromatic heterocycles. The average Bonchev–Trinajstić information content (AvgIpc) is 2.78. The van der Waals surface area contributed by atoms with E-state index in [9.17, 15) is 32.7 Å². The maximum atomic E-state index is 12.5. The molecular formula is C24H17F3N2O5. The Balaban J connectivity index is 1.63. The van der Waals surface area contributed by atoms with Crippen LogP contribution in [0.25, 0.3) is 6.08 Å². The van der Waals surface area contributed by atoms with E-state index in [-0.39, 0.29) is 22.6 Å². The van der Waals surface area contributed by atoms with Crippen molar-refractivity contribution in [3.63, 3.8) is 0 Å². The summed E-state index contributed by atoms with van der Waals surface area (Å²) >= 11 is 0. The number of aromatic carboxylic acids is 1. The van der Waals surface area contributed by atoms with E-state index in [2.05, 4.69) is 15.4 Å². The molecule has 0 aliphatic carbocycles. The Bertz CT molecular complexity index is 1240. The molecule has 0 bridgehead atoms. The molecule has 3 N–H and O–H groups in total. The molecule has 0 saturated heterocycles. The summed E-state index contributed by atoms with van der Waals surface area (Å²) in [7, 11) is 0. The van der Waals surface area contributed by atoms with Crippen LogP contribution in [0.2, 0.25) is 0 Å². The largest absolute Gasteiger partial charge is 0.573 e. The van der Waals surface area contributed by atoms with Gasteiger partial charge in [0, 0.05) is 17.3 Å². The van der Waals surface area contributed by atoms with E-state index < -0.39 is 24.1 Å². The predicted molar refractivity (Wildman–Crippen MR) is 119 cm³/mol. The number of ether oxygens (including phenoxy) is 1. The van der Waals surface area contributed by atoms with Crippen LogP contribution in [0.15, 0.2) is 78.9 Å². The summed E-state index contributed by atoms with van der Waals surface area (Å²) in [6, 6.07) is 16.9. The van der Waals surface area contributed by atoms with E-state index in [0.29, 0.717) is 11.3 Å². The lowest BCUT2D eigenvalue weighted by atomic mass is 10.1. The minimum absolute atomic E-state index is 0.0663. The SMILES string of the molecule is O=C(C=Cc1ccc(OC(F)(F)F)cc1)Nc1cccc(C(=O)Nc2ccccc2C(=O)O)c1. The first-order chi connectivity index (χ1) is 16.1. The molecule has 0 aliphatic rings. The van der Waals surface area contributed by atoms with Gasteiger partial charge in [-0.2, -0.15) is 0 Å². The fraction of sp³-hybridized carbons (Fsp3) is 0.0417. The number of para-hydroxylation sites is 1. The van der Waals surface area contributed by atoms with Gasteiger partial charge in [-0.05, 0) is 54.1 Å². The van der Waals surface area contributed by atoms with E-state index in [1.54, 1.807) is 12.1 Å². The number of hydrogen-bond acceptors (Lipinski definition) is 4. The van der Waals surface area contributed by atoms with Gasteiger partial charge in [0.1, 0.15) is 5.75 Å². The third kappa shape index (κ3) is 6.95. The molecule has 0 saturated carbocycles. The summed E-state index contributed by atoms with van der Waals surface area (Å²) in [6.45, 7) is 0. The lowest BCUT2D eigenvalue weighted by Gasteiger charge is -2.09. The van der Waals surface area contributed by atoms with Crippen LogP contribution in [-0.4, -0.2) is 29.3 Å². The Morgan fingerprint density at radius 1 is 0.882 bits per heavy atom. The third-order valence-corrected chi connectivity index (χ3v) is 4.34. The number of carbonyl (C=O) groups excluding carboxylic acids is 2. The fourth-order valence-electron chi connectivity index (χ4n) is 2.85. The van der Waals surface area contributed by atoms with Crippen molar-refractivity contribution >= 4 is 35.2 Å². The summed E-state index contributed by atoms with van der Waals surface area (Å²) < 4.78 is 40.4. The first-order valence-electron chi connectivity index (χ1n) is 9.69. The molecular weight excluding hydrogens is 453 g/mol. The van der Waals surface area contributed by atoms with Gasteiger partial charge in [0.05, 0.1) is 11.3 Å². The molecule has 3 aromatic carbocycles. The molecule has 0 aliphatic heterocycles. The highest BCUT2D eigenvalue weighted by atomic mass is 19.4. The van der Waals surface area contributed by atoms with Crippen LogP contribution in [0, 0.1) is 0 Å². The predicted octanol–water partition coefficient (Wildman–Crippen LogP) is 5.19. The van der Waals surface area contributed by atoms with Gasteiger partial charge in [0.25, 0.3) is 5.91 Å². The van der Waals surface area contributed by atoms with Gasteiger partial charge in [0.2, 0.25) is 5.91 Å². The number of rotatable bonds is 7. The highest BCUT2D eigenvalue weighted by molar-refractivity contribution is 6.09. The van der Waals surface area contributed by atoms with Crippen LogP contribution in [0.1, 0.15) is 26.3 Å². The Kier molecular flexibility index (Phi) is 7.32. The Labute approximate surface area is 191 Å². The van der Waals surface area contributed by atoms with Crippen LogP contribution in [0.4, 0.5) is 24.5 Å². The van der Waals surface area contributed by atoms with Crippen molar-refractivity contribution in [1.29, 1.82) is 0 Å². The van der Waals surface area contributed by atoms with Gasteiger partial charge < -0.3 is 20.5 Å². The number of anilines is 2. The van der Waals surface area contributed by atoms with E-state index in [0.717, 1.165) is 12.1 Å². The van der Waals surface area contributed by atoms with Crippen molar-refractivity contribution in [1.82, 2.24) is 0 Å². The van der Waals surface area contributed by atoms with Gasteiger partial charge in [-0.25, -0.2) is 4.79 Å². The molecule has 0 fully saturated rings. The topological polar surface area (TPSA) is 105 Å².